The summed E-state index contributed by atoms with van der Waals surface area (Å²) in [5.41, 5.74) is 2.03. The van der Waals surface area contributed by atoms with Gasteiger partial charge < -0.3 is 19.4 Å². The fraction of sp³-hybridized carbons (Fsp3) is 0.412. The standard InChI is InChI=1S/C17H21N5O/c1-3-21-8-10-22(11-9-21)16-12-14-17(19-18-16)23-15-7-5-4-6-13(15)20(14)2/h4-7,12H,3,8-11H2,1-2H3/p+1. The van der Waals surface area contributed by atoms with Crippen LogP contribution in [0.3, 0.4) is 0 Å². The molecule has 1 saturated heterocycles. The van der Waals surface area contributed by atoms with Gasteiger partial charge in [-0.05, 0) is 19.1 Å². The first-order valence-corrected chi connectivity index (χ1v) is 8.23. The maximum Gasteiger partial charge on any atom is 0.263 e. The van der Waals surface area contributed by atoms with Crippen molar-refractivity contribution >= 4 is 17.2 Å². The summed E-state index contributed by atoms with van der Waals surface area (Å²) in [7, 11) is 2.05. The van der Waals surface area contributed by atoms with Gasteiger partial charge >= 0.3 is 0 Å². The van der Waals surface area contributed by atoms with Gasteiger partial charge in [0.25, 0.3) is 5.88 Å². The van der Waals surface area contributed by atoms with Crippen LogP contribution >= 0.6 is 0 Å². The number of hydrogen-bond acceptors (Lipinski definition) is 5. The maximum absolute atomic E-state index is 5.89. The molecule has 0 amide bonds. The first-order valence-electron chi connectivity index (χ1n) is 8.23. The van der Waals surface area contributed by atoms with Crippen molar-refractivity contribution in [2.75, 3.05) is 49.6 Å². The van der Waals surface area contributed by atoms with E-state index in [0.717, 1.165) is 49.1 Å². The topological polar surface area (TPSA) is 45.9 Å². The fourth-order valence-electron chi connectivity index (χ4n) is 3.29. The lowest BCUT2D eigenvalue weighted by molar-refractivity contribution is -0.898. The predicted octanol–water partition coefficient (Wildman–Crippen LogP) is 1.07. The minimum atomic E-state index is 0.577. The van der Waals surface area contributed by atoms with Crippen molar-refractivity contribution in [3.05, 3.63) is 30.3 Å². The lowest BCUT2D eigenvalue weighted by Crippen LogP contribution is -3.14. The summed E-state index contributed by atoms with van der Waals surface area (Å²) < 4.78 is 5.89. The van der Waals surface area contributed by atoms with Crippen LogP contribution in [-0.4, -0.2) is 50.0 Å². The molecule has 2 aromatic rings. The van der Waals surface area contributed by atoms with Crippen LogP contribution in [0.2, 0.25) is 0 Å². The number of fused-ring (bicyclic) bond motifs is 2. The number of nitrogens with one attached hydrogen (secondary N) is 1. The summed E-state index contributed by atoms with van der Waals surface area (Å²) in [5.74, 6) is 2.34. The first kappa shape index (κ1) is 14.3. The van der Waals surface area contributed by atoms with Gasteiger partial charge in [-0.25, -0.2) is 0 Å². The van der Waals surface area contributed by atoms with Crippen LogP contribution in [0.5, 0.6) is 11.6 Å². The number of hydrogen-bond donors (Lipinski definition) is 1. The van der Waals surface area contributed by atoms with E-state index in [1.54, 1.807) is 4.90 Å². The Morgan fingerprint density at radius 1 is 1.13 bits per heavy atom. The zero-order valence-electron chi connectivity index (χ0n) is 13.6. The molecular weight excluding hydrogens is 290 g/mol. The average Bonchev–Trinajstić information content (AvgIpc) is 2.62. The Morgan fingerprint density at radius 3 is 2.70 bits per heavy atom. The normalized spacial score (nSPS) is 17.5. The number of nitrogens with zero attached hydrogens (tertiary/aromatic N) is 4. The van der Waals surface area contributed by atoms with E-state index in [-0.39, 0.29) is 0 Å². The molecule has 1 N–H and O–H groups in total. The quantitative estimate of drug-likeness (QED) is 0.899. The molecule has 1 aromatic heterocycles. The van der Waals surface area contributed by atoms with E-state index in [0.29, 0.717) is 5.88 Å². The molecule has 1 aromatic carbocycles. The molecule has 0 unspecified atom stereocenters. The van der Waals surface area contributed by atoms with Crippen molar-refractivity contribution in [2.24, 2.45) is 0 Å². The van der Waals surface area contributed by atoms with Crippen molar-refractivity contribution in [2.45, 2.75) is 6.92 Å². The third-order valence-electron chi connectivity index (χ3n) is 4.82. The molecule has 120 valence electrons. The van der Waals surface area contributed by atoms with E-state index in [9.17, 15) is 0 Å². The molecule has 2 aliphatic rings. The number of anilines is 3. The van der Waals surface area contributed by atoms with Gasteiger partial charge in [0.05, 0.1) is 38.4 Å². The summed E-state index contributed by atoms with van der Waals surface area (Å²) in [5, 5.41) is 8.71. The number of para-hydroxylation sites is 2. The van der Waals surface area contributed by atoms with Crippen LogP contribution in [0.15, 0.2) is 30.3 Å². The largest absolute Gasteiger partial charge is 0.434 e. The van der Waals surface area contributed by atoms with E-state index < -0.39 is 0 Å². The number of quaternary nitrogens is 1. The van der Waals surface area contributed by atoms with Crippen molar-refractivity contribution in [3.8, 4) is 11.6 Å². The van der Waals surface area contributed by atoms with Gasteiger partial charge in [0, 0.05) is 13.1 Å². The van der Waals surface area contributed by atoms with E-state index in [1.165, 1.54) is 6.54 Å². The number of rotatable bonds is 2. The van der Waals surface area contributed by atoms with Crippen LogP contribution in [0.25, 0.3) is 0 Å². The zero-order chi connectivity index (χ0) is 15.8. The Labute approximate surface area is 136 Å². The van der Waals surface area contributed by atoms with Crippen LogP contribution in [0.4, 0.5) is 17.2 Å². The smallest absolute Gasteiger partial charge is 0.263 e. The Hall–Kier alpha value is -2.34. The minimum absolute atomic E-state index is 0.577. The highest BCUT2D eigenvalue weighted by Crippen LogP contribution is 2.44. The second-order valence-corrected chi connectivity index (χ2v) is 6.11. The van der Waals surface area contributed by atoms with Crippen molar-refractivity contribution in [3.63, 3.8) is 0 Å². The van der Waals surface area contributed by atoms with Gasteiger partial charge in [0.15, 0.2) is 11.6 Å². The van der Waals surface area contributed by atoms with Gasteiger partial charge in [0.1, 0.15) is 5.69 Å². The average molecular weight is 312 g/mol. The van der Waals surface area contributed by atoms with Gasteiger partial charge in [-0.1, -0.05) is 12.1 Å². The molecule has 0 bridgehead atoms. The number of benzene rings is 1. The number of aromatic nitrogens is 2. The molecule has 0 radical (unpaired) electrons. The molecule has 4 rings (SSSR count). The molecule has 3 heterocycles. The van der Waals surface area contributed by atoms with E-state index in [1.807, 2.05) is 25.2 Å². The molecular formula is C17H22N5O+. The molecule has 0 spiro atoms. The van der Waals surface area contributed by atoms with Crippen molar-refractivity contribution in [1.82, 2.24) is 10.2 Å². The van der Waals surface area contributed by atoms with Crippen molar-refractivity contribution < 1.29 is 9.64 Å². The third-order valence-corrected chi connectivity index (χ3v) is 4.82. The van der Waals surface area contributed by atoms with Gasteiger partial charge in [-0.3, -0.25) is 0 Å². The molecule has 0 atom stereocenters. The highest BCUT2D eigenvalue weighted by molar-refractivity contribution is 5.77. The first-order chi connectivity index (χ1) is 11.3. The van der Waals surface area contributed by atoms with Crippen LogP contribution in [-0.2, 0) is 0 Å². The number of likely N-dealkylation sites (N-methyl/N-ethyl adjacent to an activating group) is 1. The third kappa shape index (κ3) is 2.49. The van der Waals surface area contributed by atoms with Gasteiger partial charge in [0.2, 0.25) is 0 Å². The Balaban J connectivity index is 1.61. The minimum Gasteiger partial charge on any atom is -0.434 e. The van der Waals surface area contributed by atoms with E-state index in [4.69, 9.17) is 4.74 Å². The van der Waals surface area contributed by atoms with E-state index >= 15 is 0 Å². The highest BCUT2D eigenvalue weighted by Gasteiger charge is 2.26. The highest BCUT2D eigenvalue weighted by atomic mass is 16.5. The summed E-state index contributed by atoms with van der Waals surface area (Å²) in [4.78, 5) is 6.10. The molecule has 6 heteroatoms. The van der Waals surface area contributed by atoms with Crippen molar-refractivity contribution in [1.29, 1.82) is 0 Å². The monoisotopic (exact) mass is 312 g/mol. The molecule has 0 saturated carbocycles. The SMILES string of the molecule is CC[NH+]1CCN(c2cc3c(nn2)Oc2ccccc2N3C)CC1. The summed E-state index contributed by atoms with van der Waals surface area (Å²) in [6, 6.07) is 10.1. The predicted molar refractivity (Wildman–Crippen MR) is 90.1 cm³/mol. The molecule has 6 nitrogen and oxygen atoms in total. The number of ether oxygens (including phenoxy) is 1. The molecule has 1 fully saturated rings. The summed E-state index contributed by atoms with van der Waals surface area (Å²) in [6.45, 7) is 7.80. The second kappa shape index (κ2) is 5.70. The van der Waals surface area contributed by atoms with Crippen LogP contribution in [0, 0.1) is 0 Å². The van der Waals surface area contributed by atoms with Gasteiger partial charge in [-0.2, -0.15) is 0 Å². The summed E-state index contributed by atoms with van der Waals surface area (Å²) >= 11 is 0. The molecule has 2 aliphatic heterocycles. The molecule has 0 aliphatic carbocycles. The Morgan fingerprint density at radius 2 is 1.91 bits per heavy atom. The Bertz CT molecular complexity index is 712. The second-order valence-electron chi connectivity index (χ2n) is 6.11. The van der Waals surface area contributed by atoms with Crippen LogP contribution < -0.4 is 19.4 Å². The summed E-state index contributed by atoms with van der Waals surface area (Å²) in [6.07, 6.45) is 0. The van der Waals surface area contributed by atoms with Gasteiger partial charge in [-0.15, -0.1) is 10.2 Å². The lowest BCUT2D eigenvalue weighted by atomic mass is 10.2. The molecule has 23 heavy (non-hydrogen) atoms. The van der Waals surface area contributed by atoms with E-state index in [2.05, 4.69) is 39.1 Å². The fourth-order valence-corrected chi connectivity index (χ4v) is 3.29. The maximum atomic E-state index is 5.89. The number of piperazine rings is 1. The Kier molecular flexibility index (Phi) is 3.53. The lowest BCUT2D eigenvalue weighted by Gasteiger charge is -2.33. The zero-order valence-corrected chi connectivity index (χ0v) is 13.6. The van der Waals surface area contributed by atoms with Crippen LogP contribution in [0.1, 0.15) is 6.92 Å².